The number of hydrogen-bond donors (Lipinski definition) is 2. The van der Waals surface area contributed by atoms with Crippen LogP contribution in [0.3, 0.4) is 0 Å². The summed E-state index contributed by atoms with van der Waals surface area (Å²) in [6, 6.07) is 15.4. The van der Waals surface area contributed by atoms with E-state index in [0.29, 0.717) is 17.8 Å². The molecule has 0 saturated heterocycles. The van der Waals surface area contributed by atoms with E-state index in [2.05, 4.69) is 15.6 Å². The summed E-state index contributed by atoms with van der Waals surface area (Å²) in [5.74, 6) is -0.983. The molecule has 0 radical (unpaired) electrons. The monoisotopic (exact) mass is 627 g/mol. The number of benzene rings is 2. The zero-order valence-electron chi connectivity index (χ0n) is 24.6. The van der Waals surface area contributed by atoms with Crippen LogP contribution in [0.4, 0.5) is 0 Å². The van der Waals surface area contributed by atoms with Crippen molar-refractivity contribution in [3.63, 3.8) is 0 Å². The fourth-order valence-corrected chi connectivity index (χ4v) is 7.77. The molecule has 1 aliphatic rings. The lowest BCUT2D eigenvalue weighted by Crippen LogP contribution is -2.49. The molecule has 1 aromatic heterocycles. The molecule has 2 atom stereocenters. The molecule has 2 aromatic carbocycles. The summed E-state index contributed by atoms with van der Waals surface area (Å²) in [6.07, 6.45) is 0.354. The summed E-state index contributed by atoms with van der Waals surface area (Å²) in [5, 5.41) is 5.49. The molecule has 3 aromatic rings. The largest absolute Gasteiger partial charge is 0.355 e. The lowest BCUT2D eigenvalue weighted by atomic mass is 10.2. The second-order valence-electron chi connectivity index (χ2n) is 10.6. The topological polar surface area (TPSA) is 146 Å². The summed E-state index contributed by atoms with van der Waals surface area (Å²) in [6.45, 7) is 6.59. The number of aromatic nitrogens is 1. The van der Waals surface area contributed by atoms with Gasteiger partial charge in [-0.2, -0.15) is 8.61 Å². The van der Waals surface area contributed by atoms with E-state index < -0.39 is 43.9 Å². The van der Waals surface area contributed by atoms with Crippen LogP contribution < -0.4 is 10.6 Å². The molecule has 0 spiro atoms. The molecule has 230 valence electrons. The molecule has 4 rings (SSSR count). The average molecular weight is 628 g/mol. The number of sulfonamides is 2. The van der Waals surface area contributed by atoms with Gasteiger partial charge in [-0.05, 0) is 70.5 Å². The number of carbonyl (C=O) groups is 2. The van der Waals surface area contributed by atoms with Crippen LogP contribution in [0.1, 0.15) is 42.8 Å². The predicted octanol–water partition coefficient (Wildman–Crippen LogP) is 2.49. The van der Waals surface area contributed by atoms with Crippen LogP contribution in [0.25, 0.3) is 0 Å². The van der Waals surface area contributed by atoms with Crippen molar-refractivity contribution in [1.29, 1.82) is 0 Å². The third-order valence-corrected chi connectivity index (χ3v) is 11.2. The first kappa shape index (κ1) is 32.3. The van der Waals surface area contributed by atoms with Crippen LogP contribution >= 0.6 is 0 Å². The van der Waals surface area contributed by atoms with Crippen LogP contribution in [0, 0.1) is 13.8 Å². The van der Waals surface area contributed by atoms with Crippen molar-refractivity contribution < 1.29 is 26.4 Å². The SMILES string of the molecule is Cc1ccc(S(=O)(=O)N2Cc3cccc(n3)CN(S(=O)(=O)c3ccc(C)cc3)[C@@H](C)C(=O)NCCCNC(=O)[C@@H]2C)cc1. The van der Waals surface area contributed by atoms with Crippen molar-refractivity contribution in [2.75, 3.05) is 13.1 Å². The third-order valence-electron chi connectivity index (χ3n) is 7.33. The Labute approximate surface area is 253 Å². The quantitative estimate of drug-likeness (QED) is 0.452. The average Bonchev–Trinajstić information content (AvgIpc) is 2.97. The Morgan fingerprint density at radius 3 is 1.40 bits per heavy atom. The number of amides is 2. The van der Waals surface area contributed by atoms with E-state index in [1.54, 1.807) is 42.5 Å². The minimum Gasteiger partial charge on any atom is -0.355 e. The summed E-state index contributed by atoms with van der Waals surface area (Å²) < 4.78 is 57.5. The Morgan fingerprint density at radius 1 is 0.651 bits per heavy atom. The number of nitrogens with one attached hydrogen (secondary N) is 2. The molecule has 2 bridgehead atoms. The van der Waals surface area contributed by atoms with Gasteiger partial charge in [-0.3, -0.25) is 14.6 Å². The molecule has 0 saturated carbocycles. The maximum Gasteiger partial charge on any atom is 0.244 e. The van der Waals surface area contributed by atoms with E-state index in [-0.39, 0.29) is 36.0 Å². The Hall–Kier alpha value is -3.65. The van der Waals surface area contributed by atoms with Crippen LogP contribution in [0.2, 0.25) is 0 Å². The first-order chi connectivity index (χ1) is 20.3. The third kappa shape index (κ3) is 7.47. The molecule has 1 aliphatic heterocycles. The predicted molar refractivity (Wildman–Crippen MR) is 162 cm³/mol. The number of rotatable bonds is 4. The van der Waals surface area contributed by atoms with Gasteiger partial charge in [0.25, 0.3) is 0 Å². The highest BCUT2D eigenvalue weighted by molar-refractivity contribution is 7.89. The van der Waals surface area contributed by atoms with Gasteiger partial charge < -0.3 is 10.6 Å². The van der Waals surface area contributed by atoms with Gasteiger partial charge in [0.1, 0.15) is 12.1 Å². The highest BCUT2D eigenvalue weighted by Crippen LogP contribution is 2.24. The van der Waals surface area contributed by atoms with Gasteiger partial charge in [-0.25, -0.2) is 16.8 Å². The first-order valence-electron chi connectivity index (χ1n) is 14.0. The molecule has 0 unspecified atom stereocenters. The summed E-state index contributed by atoms with van der Waals surface area (Å²) in [5.41, 5.74) is 2.39. The van der Waals surface area contributed by atoms with E-state index in [1.165, 1.54) is 38.1 Å². The molecular weight excluding hydrogens is 590 g/mol. The molecule has 2 heterocycles. The maximum absolute atomic E-state index is 13.8. The van der Waals surface area contributed by atoms with Crippen molar-refractivity contribution in [1.82, 2.24) is 24.2 Å². The number of hydrogen-bond acceptors (Lipinski definition) is 7. The van der Waals surface area contributed by atoms with E-state index in [1.807, 2.05) is 13.8 Å². The highest BCUT2D eigenvalue weighted by Gasteiger charge is 2.35. The van der Waals surface area contributed by atoms with Crippen molar-refractivity contribution in [3.05, 3.63) is 89.2 Å². The Kier molecular flexibility index (Phi) is 10.0. The van der Waals surface area contributed by atoms with Gasteiger partial charge in [-0.1, -0.05) is 41.5 Å². The van der Waals surface area contributed by atoms with E-state index >= 15 is 0 Å². The van der Waals surface area contributed by atoms with E-state index in [0.717, 1.165) is 19.7 Å². The fraction of sp³-hybridized carbons (Fsp3) is 0.367. The van der Waals surface area contributed by atoms with Crippen LogP contribution in [-0.2, 0) is 42.7 Å². The van der Waals surface area contributed by atoms with Crippen molar-refractivity contribution in [2.24, 2.45) is 0 Å². The Bertz CT molecular complexity index is 1560. The van der Waals surface area contributed by atoms with Gasteiger partial charge in [0.05, 0.1) is 34.3 Å². The summed E-state index contributed by atoms with van der Waals surface area (Å²) in [7, 11) is -8.26. The van der Waals surface area contributed by atoms with E-state index in [4.69, 9.17) is 0 Å². The second kappa shape index (κ2) is 13.3. The van der Waals surface area contributed by atoms with Gasteiger partial charge in [0, 0.05) is 13.1 Å². The van der Waals surface area contributed by atoms with Gasteiger partial charge in [0.15, 0.2) is 0 Å². The van der Waals surface area contributed by atoms with Gasteiger partial charge in [-0.15, -0.1) is 0 Å². The molecule has 2 amide bonds. The molecule has 0 aliphatic carbocycles. The number of aryl methyl sites for hydroxylation is 2. The van der Waals surface area contributed by atoms with Gasteiger partial charge in [0.2, 0.25) is 31.9 Å². The summed E-state index contributed by atoms with van der Waals surface area (Å²) in [4.78, 5) is 30.9. The lowest BCUT2D eigenvalue weighted by molar-refractivity contribution is -0.124. The van der Waals surface area contributed by atoms with Gasteiger partial charge >= 0.3 is 0 Å². The molecule has 13 heteroatoms. The molecule has 2 N–H and O–H groups in total. The van der Waals surface area contributed by atoms with Crippen molar-refractivity contribution >= 4 is 31.9 Å². The standard InChI is InChI=1S/C30H37N5O6S2/c1-21-9-13-27(14-10-21)42(38,39)34-19-25-7-5-8-26(33-25)20-35(43(40,41)28-15-11-22(2)12-16-28)24(4)30(37)32-18-6-17-31-29(36)23(34)3/h5,7-16,23-24H,6,17-20H2,1-4H3,(H,31,36)(H,32,37)/t23-,24-/m0/s1. The maximum atomic E-state index is 13.8. The minimum absolute atomic E-state index is 0.0372. The highest BCUT2D eigenvalue weighted by atomic mass is 32.2. The Balaban J connectivity index is 1.77. The molecule has 0 fully saturated rings. The minimum atomic E-state index is -4.13. The van der Waals surface area contributed by atoms with Crippen molar-refractivity contribution in [3.8, 4) is 0 Å². The molecule has 11 nitrogen and oxygen atoms in total. The number of pyridine rings is 1. The van der Waals surface area contributed by atoms with E-state index in [9.17, 15) is 26.4 Å². The van der Waals surface area contributed by atoms with Crippen LogP contribution in [0.15, 0.2) is 76.5 Å². The fourth-order valence-electron chi connectivity index (χ4n) is 4.64. The molecule has 43 heavy (non-hydrogen) atoms. The summed E-state index contributed by atoms with van der Waals surface area (Å²) >= 11 is 0. The second-order valence-corrected chi connectivity index (χ2v) is 14.4. The Morgan fingerprint density at radius 2 is 1.02 bits per heavy atom. The zero-order valence-corrected chi connectivity index (χ0v) is 26.3. The van der Waals surface area contributed by atoms with Crippen LogP contribution in [0.5, 0.6) is 0 Å². The number of fused-ring (bicyclic) bond motifs is 2. The number of carbonyl (C=O) groups excluding carboxylic acids is 2. The lowest BCUT2D eigenvalue weighted by Gasteiger charge is -2.29. The van der Waals surface area contributed by atoms with Crippen LogP contribution in [-0.4, -0.2) is 67.4 Å². The normalized spacial score (nSPS) is 20.3. The zero-order chi connectivity index (χ0) is 31.4. The smallest absolute Gasteiger partial charge is 0.244 e. The van der Waals surface area contributed by atoms with Crippen molar-refractivity contribution in [2.45, 2.75) is 69.1 Å². The number of nitrogens with zero attached hydrogens (tertiary/aromatic N) is 3. The first-order valence-corrected chi connectivity index (χ1v) is 16.9. The molecular formula is C30H37N5O6S2.